The maximum absolute atomic E-state index is 12.6. The zero-order valence-corrected chi connectivity index (χ0v) is 15.0. The molecule has 3 rings (SSSR count). The first-order valence-electron chi connectivity index (χ1n) is 8.68. The first kappa shape index (κ1) is 17.2. The van der Waals surface area contributed by atoms with Crippen LogP contribution in [0.2, 0.25) is 0 Å². The fourth-order valence-electron chi connectivity index (χ4n) is 3.38. The summed E-state index contributed by atoms with van der Waals surface area (Å²) < 4.78 is 0. The molecule has 0 saturated carbocycles. The van der Waals surface area contributed by atoms with Gasteiger partial charge in [0.05, 0.1) is 12.0 Å². The number of benzene rings is 2. The second-order valence-corrected chi connectivity index (χ2v) is 6.84. The van der Waals surface area contributed by atoms with E-state index in [1.165, 1.54) is 5.56 Å². The number of rotatable bonds is 4. The Morgan fingerprint density at radius 2 is 1.88 bits per heavy atom. The zero-order chi connectivity index (χ0) is 18.0. The van der Waals surface area contributed by atoms with E-state index in [1.54, 1.807) is 4.90 Å². The Kier molecular flexibility index (Phi) is 4.88. The molecule has 1 aliphatic heterocycles. The van der Waals surface area contributed by atoms with E-state index >= 15 is 0 Å². The minimum Gasteiger partial charge on any atom is -0.349 e. The molecule has 1 aliphatic rings. The van der Waals surface area contributed by atoms with Gasteiger partial charge in [0.2, 0.25) is 11.8 Å². The summed E-state index contributed by atoms with van der Waals surface area (Å²) in [4.78, 5) is 26.8. The summed E-state index contributed by atoms with van der Waals surface area (Å²) in [7, 11) is 0. The summed E-state index contributed by atoms with van der Waals surface area (Å²) in [6.07, 6.45) is 0.265. The van der Waals surface area contributed by atoms with Crippen molar-refractivity contribution in [2.24, 2.45) is 5.92 Å². The van der Waals surface area contributed by atoms with Crippen LogP contribution in [0.3, 0.4) is 0 Å². The van der Waals surface area contributed by atoms with Crippen LogP contribution in [0.5, 0.6) is 0 Å². The molecular weight excluding hydrogens is 312 g/mol. The van der Waals surface area contributed by atoms with Crippen LogP contribution >= 0.6 is 0 Å². The number of carbonyl (C=O) groups is 2. The van der Waals surface area contributed by atoms with Crippen molar-refractivity contribution >= 4 is 17.5 Å². The average molecular weight is 336 g/mol. The third kappa shape index (κ3) is 3.73. The Balaban J connectivity index is 1.68. The molecule has 2 atom stereocenters. The summed E-state index contributed by atoms with van der Waals surface area (Å²) in [6.45, 7) is 6.44. The molecule has 2 aromatic carbocycles. The minimum atomic E-state index is -0.306. The topological polar surface area (TPSA) is 49.4 Å². The number of hydrogen-bond donors (Lipinski definition) is 1. The van der Waals surface area contributed by atoms with E-state index in [-0.39, 0.29) is 30.2 Å². The van der Waals surface area contributed by atoms with Crippen LogP contribution < -0.4 is 10.2 Å². The van der Waals surface area contributed by atoms with Gasteiger partial charge >= 0.3 is 0 Å². The maximum Gasteiger partial charge on any atom is 0.227 e. The Bertz CT molecular complexity index is 786. The van der Waals surface area contributed by atoms with Crippen molar-refractivity contribution < 1.29 is 9.59 Å². The van der Waals surface area contributed by atoms with Gasteiger partial charge in [-0.05, 0) is 38.0 Å². The number of anilines is 1. The number of hydrogen-bond acceptors (Lipinski definition) is 2. The first-order chi connectivity index (χ1) is 12.0. The molecule has 2 aromatic rings. The van der Waals surface area contributed by atoms with Gasteiger partial charge in [0.15, 0.2) is 0 Å². The minimum absolute atomic E-state index is 0.0134. The predicted octanol–water partition coefficient (Wildman–Crippen LogP) is 3.53. The second kappa shape index (κ2) is 7.09. The maximum atomic E-state index is 12.6. The third-order valence-electron chi connectivity index (χ3n) is 4.80. The summed E-state index contributed by atoms with van der Waals surface area (Å²) in [5.41, 5.74) is 4.19. The average Bonchev–Trinajstić information content (AvgIpc) is 2.97. The molecule has 0 unspecified atom stereocenters. The highest BCUT2D eigenvalue weighted by Gasteiger charge is 2.36. The first-order valence-corrected chi connectivity index (χ1v) is 8.68. The van der Waals surface area contributed by atoms with E-state index in [4.69, 9.17) is 0 Å². The highest BCUT2D eigenvalue weighted by Crippen LogP contribution is 2.29. The van der Waals surface area contributed by atoms with Crippen molar-refractivity contribution in [1.82, 2.24) is 5.32 Å². The smallest absolute Gasteiger partial charge is 0.227 e. The molecule has 4 nitrogen and oxygen atoms in total. The molecule has 2 amide bonds. The van der Waals surface area contributed by atoms with Gasteiger partial charge in [0.25, 0.3) is 0 Å². The predicted molar refractivity (Wildman–Crippen MR) is 99.4 cm³/mol. The van der Waals surface area contributed by atoms with E-state index in [1.807, 2.05) is 63.2 Å². The molecule has 0 aliphatic carbocycles. The lowest BCUT2D eigenvalue weighted by Gasteiger charge is -2.20. The van der Waals surface area contributed by atoms with Gasteiger partial charge in [-0.2, -0.15) is 0 Å². The summed E-state index contributed by atoms with van der Waals surface area (Å²) in [5, 5.41) is 3.04. The molecule has 0 bridgehead atoms. The highest BCUT2D eigenvalue weighted by molar-refractivity contribution is 6.00. The molecule has 4 heteroatoms. The van der Waals surface area contributed by atoms with Gasteiger partial charge in [-0.15, -0.1) is 0 Å². The van der Waals surface area contributed by atoms with Crippen molar-refractivity contribution in [3.05, 3.63) is 65.2 Å². The van der Waals surface area contributed by atoms with Crippen LogP contribution in [0, 0.1) is 19.8 Å². The molecule has 1 fully saturated rings. The highest BCUT2D eigenvalue weighted by atomic mass is 16.2. The van der Waals surface area contributed by atoms with Crippen LogP contribution in [0.25, 0.3) is 0 Å². The van der Waals surface area contributed by atoms with E-state index in [9.17, 15) is 9.59 Å². The zero-order valence-electron chi connectivity index (χ0n) is 15.0. The van der Waals surface area contributed by atoms with Gasteiger partial charge < -0.3 is 10.2 Å². The van der Waals surface area contributed by atoms with Gasteiger partial charge in [0.1, 0.15) is 0 Å². The molecule has 1 heterocycles. The normalized spacial score (nSPS) is 18.3. The monoisotopic (exact) mass is 336 g/mol. The number of amides is 2. The lowest BCUT2D eigenvalue weighted by Crippen LogP contribution is -2.34. The molecule has 25 heavy (non-hydrogen) atoms. The van der Waals surface area contributed by atoms with Gasteiger partial charge in [-0.1, -0.05) is 48.0 Å². The van der Waals surface area contributed by atoms with Crippen LogP contribution in [-0.4, -0.2) is 18.4 Å². The van der Waals surface area contributed by atoms with Crippen molar-refractivity contribution in [3.63, 3.8) is 0 Å². The molecule has 0 radical (unpaired) electrons. The van der Waals surface area contributed by atoms with Gasteiger partial charge in [0, 0.05) is 18.7 Å². The summed E-state index contributed by atoms with van der Waals surface area (Å²) in [5.74, 6) is -0.351. The van der Waals surface area contributed by atoms with Crippen LogP contribution in [0.1, 0.15) is 36.1 Å². The largest absolute Gasteiger partial charge is 0.349 e. The molecular formula is C21H24N2O2. The Morgan fingerprint density at radius 3 is 2.56 bits per heavy atom. The Labute approximate surface area is 148 Å². The lowest BCUT2D eigenvalue weighted by molar-refractivity contribution is -0.126. The Hall–Kier alpha value is -2.62. The fraction of sp³-hybridized carbons (Fsp3) is 0.333. The van der Waals surface area contributed by atoms with Gasteiger partial charge in [-0.3, -0.25) is 9.59 Å². The lowest BCUT2D eigenvalue weighted by atomic mass is 10.0. The van der Waals surface area contributed by atoms with Crippen molar-refractivity contribution in [2.75, 3.05) is 11.4 Å². The molecule has 130 valence electrons. The number of nitrogens with zero attached hydrogens (tertiary/aromatic N) is 1. The molecule has 0 spiro atoms. The van der Waals surface area contributed by atoms with E-state index < -0.39 is 0 Å². The van der Waals surface area contributed by atoms with E-state index in [0.717, 1.165) is 16.8 Å². The molecule has 1 saturated heterocycles. The van der Waals surface area contributed by atoms with E-state index in [0.29, 0.717) is 6.54 Å². The quantitative estimate of drug-likeness (QED) is 0.928. The SMILES string of the molecule is Cc1ccc(N2C[C@H](C(=O)N[C@H](C)c3ccccc3)CC2=O)c(C)c1. The number of aryl methyl sites for hydroxylation is 2. The molecule has 0 aromatic heterocycles. The van der Waals surface area contributed by atoms with Crippen molar-refractivity contribution in [2.45, 2.75) is 33.2 Å². The van der Waals surface area contributed by atoms with Crippen LogP contribution in [0.4, 0.5) is 5.69 Å². The molecule has 1 N–H and O–H groups in total. The summed E-state index contributed by atoms with van der Waals surface area (Å²) in [6, 6.07) is 15.8. The van der Waals surface area contributed by atoms with Crippen molar-refractivity contribution in [1.29, 1.82) is 0 Å². The number of carbonyl (C=O) groups excluding carboxylic acids is 2. The van der Waals surface area contributed by atoms with E-state index in [2.05, 4.69) is 11.4 Å². The number of nitrogens with one attached hydrogen (secondary N) is 1. The van der Waals surface area contributed by atoms with Gasteiger partial charge in [-0.25, -0.2) is 0 Å². The second-order valence-electron chi connectivity index (χ2n) is 6.84. The van der Waals surface area contributed by atoms with Crippen LogP contribution in [0.15, 0.2) is 48.5 Å². The standard InChI is InChI=1S/C21H24N2O2/c1-14-9-10-19(15(2)11-14)23-13-18(12-20(23)24)21(25)22-16(3)17-7-5-4-6-8-17/h4-11,16,18H,12-13H2,1-3H3,(H,22,25)/t16-,18-/m1/s1. The Morgan fingerprint density at radius 1 is 1.16 bits per heavy atom. The fourth-order valence-corrected chi connectivity index (χ4v) is 3.38. The third-order valence-corrected chi connectivity index (χ3v) is 4.80. The van der Waals surface area contributed by atoms with Crippen molar-refractivity contribution in [3.8, 4) is 0 Å². The summed E-state index contributed by atoms with van der Waals surface area (Å²) >= 11 is 0. The van der Waals surface area contributed by atoms with Crippen LogP contribution in [-0.2, 0) is 9.59 Å².